The largest absolute Gasteiger partial charge is 0.358 e. The topological polar surface area (TPSA) is 44.4 Å². The van der Waals surface area contributed by atoms with Gasteiger partial charge in [0.1, 0.15) is 0 Å². The van der Waals surface area contributed by atoms with Gasteiger partial charge in [-0.25, -0.2) is 0 Å². The fourth-order valence-electron chi connectivity index (χ4n) is 2.19. The second-order valence-electron chi connectivity index (χ2n) is 4.58. The molecule has 1 aliphatic rings. The van der Waals surface area contributed by atoms with Crippen LogP contribution in [0.3, 0.4) is 0 Å². The normalized spacial score (nSPS) is 22.0. The van der Waals surface area contributed by atoms with Gasteiger partial charge in [-0.3, -0.25) is 4.79 Å². The summed E-state index contributed by atoms with van der Waals surface area (Å²) in [6.07, 6.45) is 5.19. The third kappa shape index (κ3) is 4.94. The van der Waals surface area contributed by atoms with Crippen molar-refractivity contribution in [3.05, 3.63) is 0 Å². The number of nitrogens with one attached hydrogen (secondary N) is 2. The van der Waals surface area contributed by atoms with Gasteiger partial charge in [-0.05, 0) is 45.8 Å². The van der Waals surface area contributed by atoms with Crippen LogP contribution in [0, 0.1) is 0 Å². The van der Waals surface area contributed by atoms with Gasteiger partial charge < -0.3 is 15.5 Å². The molecule has 1 heterocycles. The summed E-state index contributed by atoms with van der Waals surface area (Å²) in [5.41, 5.74) is 0. The van der Waals surface area contributed by atoms with E-state index in [9.17, 15) is 4.79 Å². The molecular weight excluding hydrogens is 202 g/mol. The van der Waals surface area contributed by atoms with Crippen molar-refractivity contribution in [2.75, 3.05) is 33.2 Å². The van der Waals surface area contributed by atoms with Crippen LogP contribution in [-0.2, 0) is 4.79 Å². The number of hydrogen-bond donors (Lipinski definition) is 2. The minimum atomic E-state index is 0.0614. The average Bonchev–Trinajstić information content (AvgIpc) is 2.30. The summed E-state index contributed by atoms with van der Waals surface area (Å²) < 4.78 is 0. The predicted octanol–water partition coefficient (Wildman–Crippen LogP) is 0.587. The Labute approximate surface area is 98.8 Å². The Morgan fingerprint density at radius 1 is 1.44 bits per heavy atom. The van der Waals surface area contributed by atoms with E-state index in [0.29, 0.717) is 6.54 Å². The summed E-state index contributed by atoms with van der Waals surface area (Å²) in [6, 6.07) is 0.743. The van der Waals surface area contributed by atoms with Crippen molar-refractivity contribution in [3.63, 3.8) is 0 Å². The van der Waals surface area contributed by atoms with Crippen LogP contribution in [-0.4, -0.2) is 50.1 Å². The number of amides is 1. The van der Waals surface area contributed by atoms with Crippen LogP contribution in [0.5, 0.6) is 0 Å². The molecule has 1 unspecified atom stereocenters. The zero-order valence-corrected chi connectivity index (χ0v) is 10.6. The highest BCUT2D eigenvalue weighted by Gasteiger charge is 2.16. The first-order chi connectivity index (χ1) is 7.74. The van der Waals surface area contributed by atoms with E-state index in [-0.39, 0.29) is 5.91 Å². The molecule has 2 N–H and O–H groups in total. The fourth-order valence-corrected chi connectivity index (χ4v) is 2.19. The number of nitrogens with zero attached hydrogens (tertiary/aromatic N) is 1. The Morgan fingerprint density at radius 3 is 2.94 bits per heavy atom. The second-order valence-corrected chi connectivity index (χ2v) is 4.58. The van der Waals surface area contributed by atoms with Crippen molar-refractivity contribution in [2.45, 2.75) is 38.6 Å². The van der Waals surface area contributed by atoms with Crippen LogP contribution in [0.25, 0.3) is 0 Å². The van der Waals surface area contributed by atoms with Crippen LogP contribution in [0.1, 0.15) is 32.6 Å². The Hall–Kier alpha value is -0.610. The zero-order chi connectivity index (χ0) is 11.8. The van der Waals surface area contributed by atoms with Crippen LogP contribution >= 0.6 is 0 Å². The van der Waals surface area contributed by atoms with Crippen molar-refractivity contribution in [3.8, 4) is 0 Å². The summed E-state index contributed by atoms with van der Waals surface area (Å²) in [5, 5.41) is 5.75. The SMILES string of the molecule is CNC(=O)CNCCCN1CCCCC1C. The lowest BCUT2D eigenvalue weighted by Crippen LogP contribution is -2.39. The summed E-state index contributed by atoms with van der Waals surface area (Å²) in [7, 11) is 1.67. The minimum absolute atomic E-state index is 0.0614. The van der Waals surface area contributed by atoms with Crippen LogP contribution in [0.15, 0.2) is 0 Å². The van der Waals surface area contributed by atoms with E-state index in [0.717, 1.165) is 25.6 Å². The third-order valence-electron chi connectivity index (χ3n) is 3.30. The highest BCUT2D eigenvalue weighted by atomic mass is 16.1. The maximum atomic E-state index is 10.9. The van der Waals surface area contributed by atoms with Gasteiger partial charge in [0.05, 0.1) is 6.54 Å². The number of hydrogen-bond acceptors (Lipinski definition) is 3. The van der Waals surface area contributed by atoms with Gasteiger partial charge >= 0.3 is 0 Å². The first-order valence-electron chi connectivity index (χ1n) is 6.39. The number of carbonyl (C=O) groups excluding carboxylic acids is 1. The zero-order valence-electron chi connectivity index (χ0n) is 10.6. The number of rotatable bonds is 6. The molecule has 1 fully saturated rings. The lowest BCUT2D eigenvalue weighted by atomic mass is 10.0. The second kappa shape index (κ2) is 7.63. The summed E-state index contributed by atoms with van der Waals surface area (Å²) in [5.74, 6) is 0.0614. The van der Waals surface area contributed by atoms with E-state index in [4.69, 9.17) is 0 Å². The van der Waals surface area contributed by atoms with Gasteiger partial charge in [-0.15, -0.1) is 0 Å². The molecule has 4 heteroatoms. The Balaban J connectivity index is 1.99. The molecule has 0 aromatic carbocycles. The molecule has 16 heavy (non-hydrogen) atoms. The lowest BCUT2D eigenvalue weighted by molar-refractivity contribution is -0.119. The number of carbonyl (C=O) groups is 1. The Bertz CT molecular complexity index is 208. The molecule has 1 aliphatic heterocycles. The Morgan fingerprint density at radius 2 is 2.25 bits per heavy atom. The van der Waals surface area contributed by atoms with Gasteiger partial charge in [-0.2, -0.15) is 0 Å². The number of likely N-dealkylation sites (tertiary alicyclic amines) is 1. The number of piperidine rings is 1. The molecule has 0 aromatic heterocycles. The van der Waals surface area contributed by atoms with Crippen LogP contribution in [0.4, 0.5) is 0 Å². The molecule has 94 valence electrons. The molecule has 0 aliphatic carbocycles. The summed E-state index contributed by atoms with van der Waals surface area (Å²) in [6.45, 7) is 6.08. The standard InChI is InChI=1S/C12H25N3O/c1-11-6-3-4-8-15(11)9-5-7-14-10-12(16)13-2/h11,14H,3-10H2,1-2H3,(H,13,16). The third-order valence-corrected chi connectivity index (χ3v) is 3.30. The van der Waals surface area contributed by atoms with Gasteiger partial charge in [0.25, 0.3) is 0 Å². The lowest BCUT2D eigenvalue weighted by Gasteiger charge is -2.33. The molecular formula is C12H25N3O. The van der Waals surface area contributed by atoms with Crippen molar-refractivity contribution in [2.24, 2.45) is 0 Å². The molecule has 0 spiro atoms. The average molecular weight is 227 g/mol. The maximum Gasteiger partial charge on any atom is 0.233 e. The van der Waals surface area contributed by atoms with E-state index in [1.807, 2.05) is 0 Å². The smallest absolute Gasteiger partial charge is 0.233 e. The molecule has 1 amide bonds. The van der Waals surface area contributed by atoms with E-state index in [2.05, 4.69) is 22.5 Å². The summed E-state index contributed by atoms with van der Waals surface area (Å²) in [4.78, 5) is 13.5. The van der Waals surface area contributed by atoms with Crippen LogP contribution in [0.2, 0.25) is 0 Å². The highest BCUT2D eigenvalue weighted by molar-refractivity contribution is 5.77. The van der Waals surface area contributed by atoms with Crippen molar-refractivity contribution < 1.29 is 4.79 Å². The van der Waals surface area contributed by atoms with E-state index < -0.39 is 0 Å². The van der Waals surface area contributed by atoms with E-state index in [1.165, 1.54) is 25.8 Å². The monoisotopic (exact) mass is 227 g/mol. The van der Waals surface area contributed by atoms with Gasteiger partial charge in [0.15, 0.2) is 0 Å². The van der Waals surface area contributed by atoms with Crippen molar-refractivity contribution >= 4 is 5.91 Å². The number of likely N-dealkylation sites (N-methyl/N-ethyl adjacent to an activating group) is 1. The van der Waals surface area contributed by atoms with Gasteiger partial charge in [-0.1, -0.05) is 6.42 Å². The molecule has 0 radical (unpaired) electrons. The van der Waals surface area contributed by atoms with Crippen molar-refractivity contribution in [1.82, 2.24) is 15.5 Å². The first-order valence-corrected chi connectivity index (χ1v) is 6.39. The van der Waals surface area contributed by atoms with Gasteiger partial charge in [0, 0.05) is 13.1 Å². The molecule has 1 rings (SSSR count). The summed E-state index contributed by atoms with van der Waals surface area (Å²) >= 11 is 0. The minimum Gasteiger partial charge on any atom is -0.358 e. The van der Waals surface area contributed by atoms with E-state index >= 15 is 0 Å². The maximum absolute atomic E-state index is 10.9. The molecule has 0 saturated carbocycles. The van der Waals surface area contributed by atoms with E-state index in [1.54, 1.807) is 7.05 Å². The van der Waals surface area contributed by atoms with Crippen LogP contribution < -0.4 is 10.6 Å². The first kappa shape index (κ1) is 13.5. The van der Waals surface area contributed by atoms with Crippen molar-refractivity contribution in [1.29, 1.82) is 0 Å². The molecule has 1 atom stereocenters. The fraction of sp³-hybridized carbons (Fsp3) is 0.917. The molecule has 0 aromatic rings. The molecule has 0 bridgehead atoms. The Kier molecular flexibility index (Phi) is 6.42. The van der Waals surface area contributed by atoms with Gasteiger partial charge in [0.2, 0.25) is 5.91 Å². The highest BCUT2D eigenvalue weighted by Crippen LogP contribution is 2.15. The quantitative estimate of drug-likeness (QED) is 0.653. The predicted molar refractivity (Wildman–Crippen MR) is 66.4 cm³/mol. The molecule has 4 nitrogen and oxygen atoms in total. The molecule has 1 saturated heterocycles.